The molecule has 112 valence electrons. The normalized spacial score (nSPS) is 19.6. The first kappa shape index (κ1) is 16.4. The average molecular weight is 269 g/mol. The molecule has 2 N–H and O–H groups in total. The van der Waals surface area contributed by atoms with Gasteiger partial charge in [-0.3, -0.25) is 4.79 Å². The van der Waals surface area contributed by atoms with E-state index in [0.717, 1.165) is 39.1 Å². The van der Waals surface area contributed by atoms with Gasteiger partial charge in [-0.2, -0.15) is 0 Å². The fraction of sp³-hybridized carbons (Fsp3) is 0.933. The van der Waals surface area contributed by atoms with Gasteiger partial charge < -0.3 is 15.5 Å². The van der Waals surface area contributed by atoms with Crippen molar-refractivity contribution < 1.29 is 4.79 Å². The monoisotopic (exact) mass is 269 g/mol. The molecule has 1 unspecified atom stereocenters. The molecular formula is C15H31N3O. The van der Waals surface area contributed by atoms with Gasteiger partial charge in [-0.25, -0.2) is 0 Å². The van der Waals surface area contributed by atoms with E-state index in [2.05, 4.69) is 29.4 Å². The molecule has 1 heterocycles. The van der Waals surface area contributed by atoms with Crippen LogP contribution < -0.4 is 10.6 Å². The number of hydrogen-bond donors (Lipinski definition) is 2. The Bertz CT molecular complexity index is 240. The predicted octanol–water partition coefficient (Wildman–Crippen LogP) is 1.76. The van der Waals surface area contributed by atoms with Crippen LogP contribution in [0.25, 0.3) is 0 Å². The molecule has 0 spiro atoms. The first-order valence-electron chi connectivity index (χ1n) is 7.98. The number of nitrogens with zero attached hydrogens (tertiary/aromatic N) is 1. The van der Waals surface area contributed by atoms with Gasteiger partial charge in [-0.1, -0.05) is 20.3 Å². The van der Waals surface area contributed by atoms with Crippen LogP contribution in [0.2, 0.25) is 0 Å². The lowest BCUT2D eigenvalue weighted by Gasteiger charge is -2.23. The standard InChI is InChI=1S/C15H31N3O/c1-3-12-18(4-2)13-11-17-15(19)9-8-14-7-5-6-10-16-14/h14,16H,3-13H2,1-2H3,(H,17,19). The van der Waals surface area contributed by atoms with Gasteiger partial charge >= 0.3 is 0 Å². The smallest absolute Gasteiger partial charge is 0.220 e. The minimum Gasteiger partial charge on any atom is -0.355 e. The summed E-state index contributed by atoms with van der Waals surface area (Å²) in [5, 5.41) is 6.52. The molecule has 0 bridgehead atoms. The van der Waals surface area contributed by atoms with Crippen LogP contribution in [-0.4, -0.2) is 49.6 Å². The highest BCUT2D eigenvalue weighted by Crippen LogP contribution is 2.11. The van der Waals surface area contributed by atoms with Crippen LogP contribution >= 0.6 is 0 Å². The zero-order valence-electron chi connectivity index (χ0n) is 12.7. The van der Waals surface area contributed by atoms with Crippen LogP contribution in [0.5, 0.6) is 0 Å². The van der Waals surface area contributed by atoms with E-state index in [1.165, 1.54) is 25.7 Å². The van der Waals surface area contributed by atoms with Crippen molar-refractivity contribution in [1.82, 2.24) is 15.5 Å². The van der Waals surface area contributed by atoms with Gasteiger partial charge in [0.2, 0.25) is 5.91 Å². The van der Waals surface area contributed by atoms with Crippen molar-refractivity contribution in [3.8, 4) is 0 Å². The molecule has 1 fully saturated rings. The Balaban J connectivity index is 2.03. The molecule has 1 saturated heterocycles. The molecule has 0 aromatic carbocycles. The summed E-state index contributed by atoms with van der Waals surface area (Å²) in [4.78, 5) is 14.1. The summed E-state index contributed by atoms with van der Waals surface area (Å²) in [7, 11) is 0. The van der Waals surface area contributed by atoms with Crippen LogP contribution in [0.1, 0.15) is 52.4 Å². The molecule has 4 nitrogen and oxygen atoms in total. The van der Waals surface area contributed by atoms with E-state index in [1.807, 2.05) is 0 Å². The van der Waals surface area contributed by atoms with Crippen molar-refractivity contribution in [3.05, 3.63) is 0 Å². The second-order valence-corrected chi connectivity index (χ2v) is 5.47. The van der Waals surface area contributed by atoms with E-state index < -0.39 is 0 Å². The Labute approximate surface area is 118 Å². The first-order chi connectivity index (χ1) is 9.26. The minimum absolute atomic E-state index is 0.208. The summed E-state index contributed by atoms with van der Waals surface area (Å²) >= 11 is 0. The number of piperidine rings is 1. The summed E-state index contributed by atoms with van der Waals surface area (Å²) in [6.45, 7) is 9.43. The fourth-order valence-corrected chi connectivity index (χ4v) is 2.66. The van der Waals surface area contributed by atoms with Gasteiger partial charge in [0.15, 0.2) is 0 Å². The highest BCUT2D eigenvalue weighted by molar-refractivity contribution is 5.75. The van der Waals surface area contributed by atoms with Gasteiger partial charge in [0, 0.05) is 25.6 Å². The highest BCUT2D eigenvalue weighted by Gasteiger charge is 2.13. The van der Waals surface area contributed by atoms with Gasteiger partial charge in [0.1, 0.15) is 0 Å². The minimum atomic E-state index is 0.208. The number of carbonyl (C=O) groups is 1. The number of rotatable bonds is 9. The summed E-state index contributed by atoms with van der Waals surface area (Å²) in [5.41, 5.74) is 0. The average Bonchev–Trinajstić information content (AvgIpc) is 2.45. The molecule has 0 radical (unpaired) electrons. The molecule has 19 heavy (non-hydrogen) atoms. The van der Waals surface area contributed by atoms with Gasteiger partial charge in [0.05, 0.1) is 0 Å². The Morgan fingerprint density at radius 1 is 1.32 bits per heavy atom. The topological polar surface area (TPSA) is 44.4 Å². The molecule has 0 saturated carbocycles. The maximum Gasteiger partial charge on any atom is 0.220 e. The number of nitrogens with one attached hydrogen (secondary N) is 2. The van der Waals surface area contributed by atoms with Crippen molar-refractivity contribution in [2.75, 3.05) is 32.7 Å². The summed E-state index contributed by atoms with van der Waals surface area (Å²) < 4.78 is 0. The molecule has 0 aromatic heterocycles. The molecular weight excluding hydrogens is 238 g/mol. The lowest BCUT2D eigenvalue weighted by atomic mass is 10.0. The van der Waals surface area contributed by atoms with E-state index in [-0.39, 0.29) is 5.91 Å². The Kier molecular flexibility index (Phi) is 8.84. The van der Waals surface area contributed by atoms with E-state index in [4.69, 9.17) is 0 Å². The van der Waals surface area contributed by atoms with Crippen LogP contribution in [0, 0.1) is 0 Å². The van der Waals surface area contributed by atoms with Crippen LogP contribution in [0.15, 0.2) is 0 Å². The lowest BCUT2D eigenvalue weighted by Crippen LogP contribution is -2.37. The Hall–Kier alpha value is -0.610. The van der Waals surface area contributed by atoms with Crippen LogP contribution in [0.4, 0.5) is 0 Å². The largest absolute Gasteiger partial charge is 0.355 e. The second kappa shape index (κ2) is 10.2. The summed E-state index contributed by atoms with van der Waals surface area (Å²) in [6.07, 6.45) is 6.65. The molecule has 1 amide bonds. The number of hydrogen-bond acceptors (Lipinski definition) is 3. The molecule has 1 aliphatic heterocycles. The molecule has 4 heteroatoms. The molecule has 1 aliphatic rings. The quantitative estimate of drug-likeness (QED) is 0.670. The van der Waals surface area contributed by atoms with Gasteiger partial charge in [-0.15, -0.1) is 0 Å². The maximum absolute atomic E-state index is 11.8. The third-order valence-electron chi connectivity index (χ3n) is 3.87. The van der Waals surface area contributed by atoms with E-state index in [0.29, 0.717) is 12.5 Å². The number of likely N-dealkylation sites (N-methyl/N-ethyl adjacent to an activating group) is 1. The van der Waals surface area contributed by atoms with Crippen molar-refractivity contribution in [2.24, 2.45) is 0 Å². The number of carbonyl (C=O) groups excluding carboxylic acids is 1. The molecule has 0 aromatic rings. The second-order valence-electron chi connectivity index (χ2n) is 5.47. The highest BCUT2D eigenvalue weighted by atomic mass is 16.1. The third-order valence-corrected chi connectivity index (χ3v) is 3.87. The molecule has 1 rings (SSSR count). The van der Waals surface area contributed by atoms with Crippen molar-refractivity contribution in [1.29, 1.82) is 0 Å². The lowest BCUT2D eigenvalue weighted by molar-refractivity contribution is -0.121. The maximum atomic E-state index is 11.8. The van der Waals surface area contributed by atoms with Crippen molar-refractivity contribution in [3.63, 3.8) is 0 Å². The zero-order valence-corrected chi connectivity index (χ0v) is 12.7. The van der Waals surface area contributed by atoms with Crippen molar-refractivity contribution in [2.45, 2.75) is 58.4 Å². The van der Waals surface area contributed by atoms with Gasteiger partial charge in [0.25, 0.3) is 0 Å². The van der Waals surface area contributed by atoms with E-state index in [1.54, 1.807) is 0 Å². The van der Waals surface area contributed by atoms with E-state index in [9.17, 15) is 4.79 Å². The first-order valence-corrected chi connectivity index (χ1v) is 7.98. The molecule has 1 atom stereocenters. The Morgan fingerprint density at radius 2 is 2.16 bits per heavy atom. The summed E-state index contributed by atoms with van der Waals surface area (Å²) in [5.74, 6) is 0.208. The molecule has 0 aliphatic carbocycles. The van der Waals surface area contributed by atoms with Crippen molar-refractivity contribution >= 4 is 5.91 Å². The van der Waals surface area contributed by atoms with Gasteiger partial charge in [-0.05, 0) is 45.3 Å². The SMILES string of the molecule is CCCN(CC)CCNC(=O)CCC1CCCCN1. The zero-order chi connectivity index (χ0) is 13.9. The Morgan fingerprint density at radius 3 is 2.79 bits per heavy atom. The third kappa shape index (κ3) is 7.53. The van der Waals surface area contributed by atoms with Crippen LogP contribution in [-0.2, 0) is 4.79 Å². The summed E-state index contributed by atoms with van der Waals surface area (Å²) in [6, 6.07) is 0.562. The number of amides is 1. The fourth-order valence-electron chi connectivity index (χ4n) is 2.66. The predicted molar refractivity (Wildman–Crippen MR) is 80.3 cm³/mol. The van der Waals surface area contributed by atoms with Crippen LogP contribution in [0.3, 0.4) is 0 Å². The van der Waals surface area contributed by atoms with E-state index >= 15 is 0 Å².